The van der Waals surface area contributed by atoms with Crippen molar-refractivity contribution in [3.63, 3.8) is 0 Å². The maximum atomic E-state index is 13.1. The van der Waals surface area contributed by atoms with Crippen molar-refractivity contribution in [2.75, 3.05) is 13.3 Å². The van der Waals surface area contributed by atoms with Crippen molar-refractivity contribution in [2.45, 2.75) is 37.0 Å². The van der Waals surface area contributed by atoms with Crippen LogP contribution in [0.1, 0.15) is 39.0 Å². The van der Waals surface area contributed by atoms with Gasteiger partial charge in [-0.25, -0.2) is 4.39 Å². The van der Waals surface area contributed by atoms with E-state index >= 15 is 0 Å². The summed E-state index contributed by atoms with van der Waals surface area (Å²) in [4.78, 5) is 41.3. The zero-order valence-electron chi connectivity index (χ0n) is 19.7. The van der Waals surface area contributed by atoms with E-state index in [2.05, 4.69) is 15.7 Å². The molecular weight excluding hydrogens is 469 g/mol. The van der Waals surface area contributed by atoms with E-state index in [1.165, 1.54) is 27.8 Å². The molecule has 1 atom stereocenters. The molecule has 3 aromatic rings. The van der Waals surface area contributed by atoms with E-state index in [9.17, 15) is 18.8 Å². The maximum Gasteiger partial charge on any atom is 0.272 e. The average Bonchev–Trinajstić information content (AvgIpc) is 3.29. The number of rotatable bonds is 7. The number of halogens is 1. The first-order chi connectivity index (χ1) is 16.7. The Balaban J connectivity index is 1.44. The second-order valence-electron chi connectivity index (χ2n) is 8.55. The van der Waals surface area contributed by atoms with Gasteiger partial charge in [0.2, 0.25) is 5.91 Å². The highest BCUT2D eigenvalue weighted by atomic mass is 32.2. The molecule has 0 saturated carbocycles. The number of thioether (sulfide) groups is 1. The molecule has 4 rings (SSSR count). The Labute approximate surface area is 206 Å². The van der Waals surface area contributed by atoms with E-state index in [0.29, 0.717) is 6.54 Å². The van der Waals surface area contributed by atoms with Gasteiger partial charge < -0.3 is 15.5 Å². The average molecular weight is 496 g/mol. The first kappa shape index (κ1) is 24.5. The second kappa shape index (κ2) is 9.91. The molecule has 182 valence electrons. The molecule has 8 nitrogen and oxygen atoms in total. The van der Waals surface area contributed by atoms with Crippen LogP contribution >= 0.6 is 11.8 Å². The van der Waals surface area contributed by atoms with E-state index in [4.69, 9.17) is 0 Å². The number of amides is 3. The molecule has 0 spiro atoms. The highest BCUT2D eigenvalue weighted by Crippen LogP contribution is 2.26. The summed E-state index contributed by atoms with van der Waals surface area (Å²) in [6.07, 6.45) is 2.00. The third-order valence-electron chi connectivity index (χ3n) is 6.20. The molecule has 3 amide bonds. The van der Waals surface area contributed by atoms with Crippen LogP contribution in [0.3, 0.4) is 0 Å². The van der Waals surface area contributed by atoms with E-state index in [0.717, 1.165) is 16.0 Å². The van der Waals surface area contributed by atoms with Crippen molar-refractivity contribution < 1.29 is 18.8 Å². The Hall–Kier alpha value is -3.66. The van der Waals surface area contributed by atoms with Crippen LogP contribution in [0, 0.1) is 5.82 Å². The van der Waals surface area contributed by atoms with Crippen LogP contribution in [0.25, 0.3) is 0 Å². The van der Waals surface area contributed by atoms with Gasteiger partial charge in [-0.1, -0.05) is 24.3 Å². The number of benzene rings is 2. The lowest BCUT2D eigenvalue weighted by molar-refractivity contribution is -0.132. The summed E-state index contributed by atoms with van der Waals surface area (Å²) in [6, 6.07) is 15.1. The lowest BCUT2D eigenvalue weighted by Gasteiger charge is -2.40. The van der Waals surface area contributed by atoms with Crippen LogP contribution in [0.5, 0.6) is 0 Å². The van der Waals surface area contributed by atoms with Crippen LogP contribution in [0.2, 0.25) is 0 Å². The molecule has 2 heterocycles. The molecule has 0 saturated heterocycles. The quantitative estimate of drug-likeness (QED) is 0.492. The van der Waals surface area contributed by atoms with Gasteiger partial charge in [-0.2, -0.15) is 5.10 Å². The highest BCUT2D eigenvalue weighted by Gasteiger charge is 2.46. The number of carbonyl (C=O) groups excluding carboxylic acids is 3. The van der Waals surface area contributed by atoms with Crippen molar-refractivity contribution in [2.24, 2.45) is 0 Å². The Morgan fingerprint density at radius 2 is 1.66 bits per heavy atom. The third kappa shape index (κ3) is 5.07. The number of likely N-dealkylation sites (N-methyl/N-ethyl adjacent to an activating group) is 1. The number of carbonyl (C=O) groups is 3. The van der Waals surface area contributed by atoms with Crippen molar-refractivity contribution in [1.29, 1.82) is 0 Å². The van der Waals surface area contributed by atoms with Gasteiger partial charge in [0, 0.05) is 31.1 Å². The number of aromatic nitrogens is 2. The SMILES string of the molecule is CSc1ccc(CNC(=O)c2cc3n(n2)C[C@](C)(C(=O)NCc2ccc(F)cc2)N(C)C3=O)cc1. The fraction of sp³-hybridized carbons (Fsp3) is 0.280. The fourth-order valence-corrected chi connectivity index (χ4v) is 4.24. The molecule has 0 bridgehead atoms. The summed E-state index contributed by atoms with van der Waals surface area (Å²) >= 11 is 1.64. The molecule has 1 aliphatic heterocycles. The number of nitrogens with zero attached hydrogens (tertiary/aromatic N) is 3. The van der Waals surface area contributed by atoms with Crippen LogP contribution in [-0.4, -0.2) is 51.2 Å². The minimum Gasteiger partial charge on any atom is -0.350 e. The molecule has 2 aromatic carbocycles. The Morgan fingerprint density at radius 1 is 1.06 bits per heavy atom. The summed E-state index contributed by atoms with van der Waals surface area (Å²) in [6.45, 7) is 2.25. The standard InChI is InChI=1S/C25H26FN5O3S/c1-25(24(34)28-14-16-4-8-18(26)9-5-16)15-31-21(23(33)30(25)2)12-20(29-31)22(32)27-13-17-6-10-19(35-3)11-7-17/h4-12H,13-15H2,1-3H3,(H,27,32)(H,28,34)/t25-/m1/s1. The Bertz CT molecular complexity index is 1260. The van der Waals surface area contributed by atoms with Crippen molar-refractivity contribution >= 4 is 29.5 Å². The van der Waals surface area contributed by atoms with Crippen molar-refractivity contribution in [3.05, 3.63) is 82.9 Å². The van der Waals surface area contributed by atoms with E-state index in [1.54, 1.807) is 37.9 Å². The fourth-order valence-electron chi connectivity index (χ4n) is 3.83. The monoisotopic (exact) mass is 495 g/mol. The molecule has 0 aliphatic carbocycles. The largest absolute Gasteiger partial charge is 0.350 e. The van der Waals surface area contributed by atoms with Gasteiger partial charge in [0.05, 0.1) is 6.54 Å². The molecule has 0 unspecified atom stereocenters. The molecule has 1 aromatic heterocycles. The van der Waals surface area contributed by atoms with Gasteiger partial charge in [0.1, 0.15) is 17.1 Å². The summed E-state index contributed by atoms with van der Waals surface area (Å²) in [7, 11) is 1.55. The number of fused-ring (bicyclic) bond motifs is 1. The number of hydrogen-bond donors (Lipinski definition) is 2. The maximum absolute atomic E-state index is 13.1. The molecule has 0 fully saturated rings. The molecule has 35 heavy (non-hydrogen) atoms. The van der Waals surface area contributed by atoms with Crippen LogP contribution < -0.4 is 10.6 Å². The topological polar surface area (TPSA) is 96.3 Å². The number of hydrogen-bond acceptors (Lipinski definition) is 5. The third-order valence-corrected chi connectivity index (χ3v) is 6.95. The molecule has 1 aliphatic rings. The van der Waals surface area contributed by atoms with E-state index in [-0.39, 0.29) is 36.2 Å². The normalized spacial score (nSPS) is 17.1. The van der Waals surface area contributed by atoms with Crippen LogP contribution in [-0.2, 0) is 24.4 Å². The second-order valence-corrected chi connectivity index (χ2v) is 9.43. The summed E-state index contributed by atoms with van der Waals surface area (Å²) in [5, 5.41) is 9.94. The smallest absolute Gasteiger partial charge is 0.272 e. The first-order valence-electron chi connectivity index (χ1n) is 11.0. The predicted molar refractivity (Wildman–Crippen MR) is 130 cm³/mol. The summed E-state index contributed by atoms with van der Waals surface area (Å²) < 4.78 is 14.5. The Morgan fingerprint density at radius 3 is 2.29 bits per heavy atom. The van der Waals surface area contributed by atoms with Gasteiger partial charge in [-0.3, -0.25) is 19.1 Å². The van der Waals surface area contributed by atoms with Crippen LogP contribution in [0.4, 0.5) is 4.39 Å². The summed E-state index contributed by atoms with van der Waals surface area (Å²) in [5.74, 6) is -1.55. The number of nitrogens with one attached hydrogen (secondary N) is 2. The van der Waals surface area contributed by atoms with Gasteiger partial charge in [-0.15, -0.1) is 11.8 Å². The molecule has 10 heteroatoms. The lowest BCUT2D eigenvalue weighted by atomic mass is 9.96. The van der Waals surface area contributed by atoms with Crippen LogP contribution in [0.15, 0.2) is 59.5 Å². The highest BCUT2D eigenvalue weighted by molar-refractivity contribution is 7.98. The summed E-state index contributed by atoms with van der Waals surface area (Å²) in [5.41, 5.74) is 0.809. The predicted octanol–water partition coefficient (Wildman–Crippen LogP) is 2.83. The van der Waals surface area contributed by atoms with E-state index in [1.807, 2.05) is 30.5 Å². The van der Waals surface area contributed by atoms with E-state index < -0.39 is 17.4 Å². The molecule has 2 N–H and O–H groups in total. The lowest BCUT2D eigenvalue weighted by Crippen LogP contribution is -2.62. The Kier molecular flexibility index (Phi) is 6.93. The molecular formula is C25H26FN5O3S. The minimum atomic E-state index is -1.22. The minimum absolute atomic E-state index is 0.0866. The van der Waals surface area contributed by atoms with Gasteiger partial charge >= 0.3 is 0 Å². The van der Waals surface area contributed by atoms with Gasteiger partial charge in [0.25, 0.3) is 11.8 Å². The van der Waals surface area contributed by atoms with Crippen molar-refractivity contribution in [3.8, 4) is 0 Å². The van der Waals surface area contributed by atoms with Gasteiger partial charge in [0.15, 0.2) is 5.69 Å². The van der Waals surface area contributed by atoms with Crippen molar-refractivity contribution in [1.82, 2.24) is 25.3 Å². The first-order valence-corrected chi connectivity index (χ1v) is 12.2. The van der Waals surface area contributed by atoms with Gasteiger partial charge in [-0.05, 0) is 48.6 Å². The zero-order chi connectivity index (χ0) is 25.2. The molecule has 0 radical (unpaired) electrons. The zero-order valence-corrected chi connectivity index (χ0v) is 20.5.